The zero-order valence-electron chi connectivity index (χ0n) is 11.1. The molecule has 1 rings (SSSR count). The quantitative estimate of drug-likeness (QED) is 0.601. The zero-order valence-corrected chi connectivity index (χ0v) is 11.1. The molecule has 0 saturated heterocycles. The molecule has 1 aromatic heterocycles. The number of amides is 2. The average Bonchev–Trinajstić information content (AvgIpc) is 2.43. The molecule has 0 bridgehead atoms. The average molecular weight is 283 g/mol. The lowest BCUT2D eigenvalue weighted by Crippen LogP contribution is -2.32. The summed E-state index contributed by atoms with van der Waals surface area (Å²) in [4.78, 5) is 26.1. The minimum absolute atomic E-state index is 0.137. The van der Waals surface area contributed by atoms with E-state index in [0.717, 1.165) is 0 Å². The zero-order chi connectivity index (χ0) is 14.8. The Hall–Kier alpha value is -2.19. The second-order valence-electron chi connectivity index (χ2n) is 3.69. The van der Waals surface area contributed by atoms with Gasteiger partial charge in [0.15, 0.2) is 5.69 Å². The number of urea groups is 1. The van der Waals surface area contributed by atoms with Crippen LogP contribution in [0.4, 0.5) is 10.5 Å². The van der Waals surface area contributed by atoms with E-state index >= 15 is 0 Å². The van der Waals surface area contributed by atoms with Crippen molar-refractivity contribution in [3.05, 3.63) is 24.0 Å². The molecule has 0 radical (unpaired) electrons. The number of hydrogen-bond acceptors (Lipinski definition) is 5. The number of carbonyl (C=O) groups is 2. The van der Waals surface area contributed by atoms with Crippen LogP contribution in [0.15, 0.2) is 18.3 Å². The smallest absolute Gasteiger partial charge is 0.356 e. The van der Waals surface area contributed by atoms with E-state index in [0.29, 0.717) is 26.4 Å². The number of carboxylic acids is 1. The molecule has 0 aliphatic heterocycles. The van der Waals surface area contributed by atoms with Crippen molar-refractivity contribution < 1.29 is 24.2 Å². The Morgan fingerprint density at radius 1 is 1.35 bits per heavy atom. The van der Waals surface area contributed by atoms with Crippen LogP contribution in [0.5, 0.6) is 0 Å². The Morgan fingerprint density at radius 2 is 2.15 bits per heavy atom. The van der Waals surface area contributed by atoms with Crippen molar-refractivity contribution in [1.29, 1.82) is 0 Å². The van der Waals surface area contributed by atoms with Crippen molar-refractivity contribution in [3.63, 3.8) is 0 Å². The molecule has 8 heteroatoms. The first kappa shape index (κ1) is 15.9. The van der Waals surface area contributed by atoms with Crippen LogP contribution in [0.1, 0.15) is 10.5 Å². The number of pyridine rings is 1. The summed E-state index contributed by atoms with van der Waals surface area (Å²) in [5.74, 6) is -1.20. The first-order valence-corrected chi connectivity index (χ1v) is 5.95. The van der Waals surface area contributed by atoms with Gasteiger partial charge in [-0.15, -0.1) is 0 Å². The lowest BCUT2D eigenvalue weighted by atomic mass is 10.3. The number of aromatic nitrogens is 1. The van der Waals surface area contributed by atoms with Gasteiger partial charge < -0.3 is 25.2 Å². The number of ether oxygens (including phenoxy) is 2. The van der Waals surface area contributed by atoms with Gasteiger partial charge in [0.1, 0.15) is 0 Å². The number of carboxylic acid groups (broad SMARTS) is 1. The van der Waals surface area contributed by atoms with E-state index in [9.17, 15) is 9.59 Å². The summed E-state index contributed by atoms with van der Waals surface area (Å²) in [7, 11) is 1.57. The summed E-state index contributed by atoms with van der Waals surface area (Å²) in [6, 6.07) is 2.48. The van der Waals surface area contributed by atoms with Gasteiger partial charge in [-0.05, 0) is 12.1 Å². The molecule has 0 fully saturated rings. The molecule has 0 spiro atoms. The Labute approximate surface area is 116 Å². The first-order chi connectivity index (χ1) is 9.65. The summed E-state index contributed by atoms with van der Waals surface area (Å²) < 4.78 is 9.96. The third kappa shape index (κ3) is 5.63. The van der Waals surface area contributed by atoms with Crippen LogP contribution in [0, 0.1) is 0 Å². The monoisotopic (exact) mass is 283 g/mol. The number of anilines is 1. The number of nitrogens with zero attached hydrogens (tertiary/aromatic N) is 1. The SMILES string of the molecule is COCCOCCNC(=O)Nc1cccnc1C(=O)O. The molecule has 1 heterocycles. The second-order valence-corrected chi connectivity index (χ2v) is 3.69. The Balaban J connectivity index is 2.34. The molecule has 0 unspecified atom stereocenters. The maximum Gasteiger partial charge on any atom is 0.356 e. The second kappa shape index (κ2) is 8.83. The lowest BCUT2D eigenvalue weighted by molar-refractivity contribution is 0.0691. The van der Waals surface area contributed by atoms with Crippen LogP contribution in [-0.2, 0) is 9.47 Å². The molecule has 0 aliphatic rings. The van der Waals surface area contributed by atoms with Gasteiger partial charge >= 0.3 is 12.0 Å². The van der Waals surface area contributed by atoms with Gasteiger partial charge in [-0.1, -0.05) is 0 Å². The third-order valence-corrected chi connectivity index (χ3v) is 2.22. The van der Waals surface area contributed by atoms with Crippen molar-refractivity contribution >= 4 is 17.7 Å². The van der Waals surface area contributed by atoms with Gasteiger partial charge in [0, 0.05) is 19.9 Å². The molecule has 8 nitrogen and oxygen atoms in total. The van der Waals surface area contributed by atoms with E-state index in [2.05, 4.69) is 15.6 Å². The van der Waals surface area contributed by atoms with Crippen LogP contribution in [0.2, 0.25) is 0 Å². The van der Waals surface area contributed by atoms with Crippen molar-refractivity contribution in [2.45, 2.75) is 0 Å². The van der Waals surface area contributed by atoms with Crippen LogP contribution in [-0.4, -0.2) is 55.6 Å². The Bertz CT molecular complexity index is 452. The van der Waals surface area contributed by atoms with Gasteiger partial charge in [-0.2, -0.15) is 0 Å². The topological polar surface area (TPSA) is 110 Å². The first-order valence-electron chi connectivity index (χ1n) is 5.95. The molecule has 3 N–H and O–H groups in total. The lowest BCUT2D eigenvalue weighted by Gasteiger charge is -2.09. The van der Waals surface area contributed by atoms with Gasteiger partial charge in [-0.25, -0.2) is 14.6 Å². The number of hydrogen-bond donors (Lipinski definition) is 3. The molecule has 0 atom stereocenters. The fourth-order valence-corrected chi connectivity index (χ4v) is 1.32. The fraction of sp³-hybridized carbons (Fsp3) is 0.417. The minimum Gasteiger partial charge on any atom is -0.476 e. The predicted molar refractivity (Wildman–Crippen MR) is 70.9 cm³/mol. The number of carbonyl (C=O) groups excluding carboxylic acids is 1. The van der Waals surface area contributed by atoms with Gasteiger partial charge in [-0.3, -0.25) is 0 Å². The Kier molecular flexibility index (Phi) is 7.01. The predicted octanol–water partition coefficient (Wildman–Crippen LogP) is 0.564. The largest absolute Gasteiger partial charge is 0.476 e. The van der Waals surface area contributed by atoms with Gasteiger partial charge in [0.05, 0.1) is 25.5 Å². The summed E-state index contributed by atoms with van der Waals surface area (Å²) in [6.45, 7) is 1.59. The highest BCUT2D eigenvalue weighted by Crippen LogP contribution is 2.11. The molecule has 2 amide bonds. The molecule has 110 valence electrons. The molecule has 0 aliphatic carbocycles. The highest BCUT2D eigenvalue weighted by atomic mass is 16.5. The normalized spacial score (nSPS) is 10.1. The van der Waals surface area contributed by atoms with Crippen LogP contribution < -0.4 is 10.6 Å². The summed E-state index contributed by atoms with van der Waals surface area (Å²) in [5.41, 5.74) is -0.0724. The number of methoxy groups -OCH3 is 1. The van der Waals surface area contributed by atoms with E-state index in [-0.39, 0.29) is 11.4 Å². The fourth-order valence-electron chi connectivity index (χ4n) is 1.32. The summed E-state index contributed by atoms with van der Waals surface area (Å²) >= 11 is 0. The van der Waals surface area contributed by atoms with Crippen LogP contribution in [0.3, 0.4) is 0 Å². The molecular weight excluding hydrogens is 266 g/mol. The minimum atomic E-state index is -1.20. The van der Waals surface area contributed by atoms with Gasteiger partial charge in [0.2, 0.25) is 0 Å². The third-order valence-electron chi connectivity index (χ3n) is 2.22. The highest BCUT2D eigenvalue weighted by molar-refractivity contribution is 5.98. The molecular formula is C12H17N3O5. The number of aromatic carboxylic acids is 1. The van der Waals surface area contributed by atoms with Crippen LogP contribution >= 0.6 is 0 Å². The van der Waals surface area contributed by atoms with Crippen LogP contribution in [0.25, 0.3) is 0 Å². The van der Waals surface area contributed by atoms with E-state index in [1.54, 1.807) is 7.11 Å². The molecule has 0 aromatic carbocycles. The van der Waals surface area contributed by atoms with Gasteiger partial charge in [0.25, 0.3) is 0 Å². The van der Waals surface area contributed by atoms with E-state index in [1.165, 1.54) is 18.3 Å². The van der Waals surface area contributed by atoms with E-state index < -0.39 is 12.0 Å². The summed E-state index contributed by atoms with van der Waals surface area (Å²) in [6.07, 6.45) is 1.34. The number of rotatable bonds is 8. The standard InChI is InChI=1S/C12H17N3O5/c1-19-7-8-20-6-5-14-12(18)15-9-3-2-4-13-10(9)11(16)17/h2-4H,5-8H2,1H3,(H,16,17)(H2,14,15,18). The maximum absolute atomic E-state index is 11.6. The molecule has 1 aromatic rings. The Morgan fingerprint density at radius 3 is 2.85 bits per heavy atom. The van der Waals surface area contributed by atoms with Crippen molar-refractivity contribution in [2.24, 2.45) is 0 Å². The van der Waals surface area contributed by atoms with Crippen molar-refractivity contribution in [2.75, 3.05) is 38.8 Å². The molecule has 20 heavy (non-hydrogen) atoms. The highest BCUT2D eigenvalue weighted by Gasteiger charge is 2.12. The van der Waals surface area contributed by atoms with E-state index in [1.807, 2.05) is 0 Å². The molecule has 0 saturated carbocycles. The van der Waals surface area contributed by atoms with E-state index in [4.69, 9.17) is 14.6 Å². The summed E-state index contributed by atoms with van der Waals surface area (Å²) in [5, 5.41) is 13.9. The van der Waals surface area contributed by atoms with Crippen molar-refractivity contribution in [1.82, 2.24) is 10.3 Å². The number of nitrogens with one attached hydrogen (secondary N) is 2. The van der Waals surface area contributed by atoms with Crippen molar-refractivity contribution in [3.8, 4) is 0 Å². The maximum atomic E-state index is 11.6.